The zero-order valence-electron chi connectivity index (χ0n) is 18.4. The minimum atomic E-state index is -0.425. The average molecular weight is 424 g/mol. The van der Waals surface area contributed by atoms with E-state index in [9.17, 15) is 0 Å². The minimum absolute atomic E-state index is 0.425. The molecule has 0 fully saturated rings. The molecule has 32 heavy (non-hydrogen) atoms. The highest BCUT2D eigenvalue weighted by atomic mass is 15.1. The number of nitrogens with one attached hydrogen (secondary N) is 1. The number of pyridine rings is 2. The summed E-state index contributed by atoms with van der Waals surface area (Å²) in [5.74, 6) is 0.614. The fourth-order valence-corrected chi connectivity index (χ4v) is 4.41. The normalized spacial score (nSPS) is 18.3. The third-order valence-corrected chi connectivity index (χ3v) is 5.69. The van der Waals surface area contributed by atoms with Crippen molar-refractivity contribution in [2.24, 2.45) is 4.99 Å². The van der Waals surface area contributed by atoms with E-state index in [-0.39, 0.29) is 0 Å². The van der Waals surface area contributed by atoms with Crippen LogP contribution in [0.1, 0.15) is 23.4 Å². The summed E-state index contributed by atoms with van der Waals surface area (Å²) in [6.07, 6.45) is 10.3. The molecular formula is C25H25N7. The van der Waals surface area contributed by atoms with Crippen LogP contribution in [-0.2, 0) is 5.41 Å². The molecule has 0 saturated carbocycles. The average Bonchev–Trinajstić information content (AvgIpc) is 3.27. The van der Waals surface area contributed by atoms with Gasteiger partial charge in [-0.1, -0.05) is 12.1 Å². The van der Waals surface area contributed by atoms with Crippen LogP contribution < -0.4 is 0 Å². The van der Waals surface area contributed by atoms with Crippen LogP contribution in [0.15, 0.2) is 66.2 Å². The molecule has 1 aliphatic rings. The lowest BCUT2D eigenvalue weighted by atomic mass is 9.75. The number of hydrogen-bond donors (Lipinski definition) is 1. The highest BCUT2D eigenvalue weighted by molar-refractivity contribution is 5.90. The summed E-state index contributed by atoms with van der Waals surface area (Å²) in [5.41, 5.74) is 5.24. The van der Waals surface area contributed by atoms with Crippen LogP contribution in [0.5, 0.6) is 0 Å². The molecule has 4 aromatic heterocycles. The molecule has 1 unspecified atom stereocenters. The van der Waals surface area contributed by atoms with Gasteiger partial charge in [-0.2, -0.15) is 0 Å². The molecule has 7 heteroatoms. The summed E-state index contributed by atoms with van der Waals surface area (Å²) in [6, 6.07) is 12.0. The van der Waals surface area contributed by atoms with E-state index >= 15 is 0 Å². The van der Waals surface area contributed by atoms with Gasteiger partial charge in [0, 0.05) is 48.6 Å². The number of rotatable bonds is 5. The molecule has 0 radical (unpaired) electrons. The monoisotopic (exact) mass is 423 g/mol. The smallest absolute Gasteiger partial charge is 0.180 e. The fraction of sp³-hybridized carbons (Fsp3) is 0.240. The maximum absolute atomic E-state index is 5.11. The summed E-state index contributed by atoms with van der Waals surface area (Å²) < 4.78 is 0. The summed E-state index contributed by atoms with van der Waals surface area (Å²) in [7, 11) is 4.16. The second-order valence-corrected chi connectivity index (χ2v) is 8.54. The molecule has 7 nitrogen and oxygen atoms in total. The van der Waals surface area contributed by atoms with Crippen molar-refractivity contribution in [1.82, 2.24) is 29.8 Å². The molecule has 4 aromatic rings. The van der Waals surface area contributed by atoms with Gasteiger partial charge >= 0.3 is 0 Å². The number of H-pyrrole nitrogens is 1. The van der Waals surface area contributed by atoms with E-state index in [1.807, 2.05) is 62.1 Å². The Morgan fingerprint density at radius 3 is 2.75 bits per heavy atom. The molecule has 0 aromatic carbocycles. The van der Waals surface area contributed by atoms with Crippen LogP contribution >= 0.6 is 0 Å². The van der Waals surface area contributed by atoms with Crippen molar-refractivity contribution < 1.29 is 0 Å². The van der Waals surface area contributed by atoms with Crippen molar-refractivity contribution in [3.05, 3.63) is 78.1 Å². The van der Waals surface area contributed by atoms with Crippen LogP contribution in [0, 0.1) is 6.92 Å². The highest BCUT2D eigenvalue weighted by Gasteiger charge is 2.38. The molecule has 0 spiro atoms. The number of fused-ring (bicyclic) bond motifs is 1. The standard InChI is InChI=1S/C25H25N7/c1-17-6-4-8-21(29-17)24-30-22(20-9-11-28-23(20)31-24)25(16-32(2)3)12-19(14-27-15-25)18-7-5-10-26-13-18/h4-11,13-15H,12,16H2,1-3H3,(H,28,30,31). The van der Waals surface area contributed by atoms with Crippen LogP contribution in [0.2, 0.25) is 0 Å². The van der Waals surface area contributed by atoms with Gasteiger partial charge in [0.15, 0.2) is 5.82 Å². The molecule has 1 aliphatic heterocycles. The number of hydrogen-bond acceptors (Lipinski definition) is 6. The Labute approximate surface area is 187 Å². The molecule has 0 aliphatic carbocycles. The van der Waals surface area contributed by atoms with Gasteiger partial charge < -0.3 is 9.88 Å². The van der Waals surface area contributed by atoms with Crippen molar-refractivity contribution in [2.45, 2.75) is 18.8 Å². The molecule has 0 saturated heterocycles. The third kappa shape index (κ3) is 3.71. The van der Waals surface area contributed by atoms with Gasteiger partial charge in [-0.05, 0) is 62.8 Å². The van der Waals surface area contributed by atoms with Crippen LogP contribution in [0.25, 0.3) is 28.1 Å². The summed E-state index contributed by atoms with van der Waals surface area (Å²) in [6.45, 7) is 2.73. The van der Waals surface area contributed by atoms with Gasteiger partial charge in [-0.25, -0.2) is 15.0 Å². The maximum Gasteiger partial charge on any atom is 0.180 e. The SMILES string of the molecule is Cc1cccc(-c2nc(C3(CN(C)C)C=NC=C(c4cccnc4)C3)c3cc[nH]c3n2)n1. The lowest BCUT2D eigenvalue weighted by molar-refractivity contribution is 0.340. The van der Waals surface area contributed by atoms with E-state index in [1.165, 1.54) is 0 Å². The third-order valence-electron chi connectivity index (χ3n) is 5.69. The molecule has 0 amide bonds. The summed E-state index contributed by atoms with van der Waals surface area (Å²) in [5, 5.41) is 1.00. The number of aryl methyl sites for hydroxylation is 1. The lowest BCUT2D eigenvalue weighted by Gasteiger charge is -2.35. The van der Waals surface area contributed by atoms with E-state index < -0.39 is 5.41 Å². The molecule has 5 rings (SSSR count). The quantitative estimate of drug-likeness (QED) is 0.524. The van der Waals surface area contributed by atoms with Crippen LogP contribution in [0.3, 0.4) is 0 Å². The number of nitrogens with zero attached hydrogens (tertiary/aromatic N) is 6. The van der Waals surface area contributed by atoms with Crippen molar-refractivity contribution in [2.75, 3.05) is 20.6 Å². The van der Waals surface area contributed by atoms with Crippen molar-refractivity contribution in [3.63, 3.8) is 0 Å². The summed E-state index contributed by atoms with van der Waals surface area (Å²) in [4.78, 5) is 29.0. The van der Waals surface area contributed by atoms with Gasteiger partial charge in [0.25, 0.3) is 0 Å². The van der Waals surface area contributed by atoms with E-state index in [1.54, 1.807) is 6.20 Å². The minimum Gasteiger partial charge on any atom is -0.346 e. The number of aromatic nitrogens is 5. The second kappa shape index (κ2) is 8.09. The first-order chi connectivity index (χ1) is 15.5. The predicted octanol–water partition coefficient (Wildman–Crippen LogP) is 4.04. The van der Waals surface area contributed by atoms with E-state index in [0.717, 1.165) is 52.2 Å². The van der Waals surface area contributed by atoms with Crippen LogP contribution in [0.4, 0.5) is 0 Å². The molecular weight excluding hydrogens is 398 g/mol. The molecule has 160 valence electrons. The van der Waals surface area contributed by atoms with Gasteiger partial charge in [0.05, 0.1) is 11.1 Å². The van der Waals surface area contributed by atoms with Gasteiger partial charge in [-0.3, -0.25) is 9.98 Å². The first-order valence-corrected chi connectivity index (χ1v) is 10.6. The highest BCUT2D eigenvalue weighted by Crippen LogP contribution is 2.39. The topological polar surface area (TPSA) is 83.0 Å². The van der Waals surface area contributed by atoms with Gasteiger partial charge in [0.2, 0.25) is 0 Å². The summed E-state index contributed by atoms with van der Waals surface area (Å²) >= 11 is 0. The predicted molar refractivity (Wildman–Crippen MR) is 127 cm³/mol. The first kappa shape index (κ1) is 20.2. The Morgan fingerprint density at radius 2 is 1.97 bits per heavy atom. The van der Waals surface area contributed by atoms with E-state index in [0.29, 0.717) is 5.82 Å². The Hall–Kier alpha value is -3.71. The molecule has 5 heterocycles. The van der Waals surface area contributed by atoms with Crippen molar-refractivity contribution in [3.8, 4) is 11.5 Å². The zero-order chi connectivity index (χ0) is 22.1. The van der Waals surface area contributed by atoms with Crippen molar-refractivity contribution in [1.29, 1.82) is 0 Å². The number of aromatic amines is 1. The largest absolute Gasteiger partial charge is 0.346 e. The zero-order valence-corrected chi connectivity index (χ0v) is 18.4. The molecule has 1 atom stereocenters. The van der Waals surface area contributed by atoms with Gasteiger partial charge in [0.1, 0.15) is 11.3 Å². The Bertz CT molecular complexity index is 1320. The Kier molecular flexibility index (Phi) is 5.11. The Morgan fingerprint density at radius 1 is 1.06 bits per heavy atom. The first-order valence-electron chi connectivity index (χ1n) is 10.6. The Balaban J connectivity index is 1.69. The number of likely N-dealkylation sites (N-methyl/N-ethyl adjacent to an activating group) is 1. The fourth-order valence-electron chi connectivity index (χ4n) is 4.41. The van der Waals surface area contributed by atoms with E-state index in [2.05, 4.69) is 40.0 Å². The van der Waals surface area contributed by atoms with Crippen molar-refractivity contribution >= 4 is 22.8 Å². The van der Waals surface area contributed by atoms with E-state index in [4.69, 9.17) is 15.0 Å². The number of aliphatic imine (C=N–C) groups is 1. The molecule has 1 N–H and O–H groups in total. The number of allylic oxidation sites excluding steroid dienone is 1. The lowest BCUT2D eigenvalue weighted by Crippen LogP contribution is -2.41. The molecule has 0 bridgehead atoms. The van der Waals surface area contributed by atoms with Gasteiger partial charge in [-0.15, -0.1) is 0 Å². The maximum atomic E-state index is 5.11. The second-order valence-electron chi connectivity index (χ2n) is 8.54. The van der Waals surface area contributed by atoms with Crippen LogP contribution in [-0.4, -0.2) is 56.7 Å².